The molecule has 0 atom stereocenters. The Morgan fingerprint density at radius 2 is 1.69 bits per heavy atom. The van der Waals surface area contributed by atoms with Gasteiger partial charge in [0.15, 0.2) is 0 Å². The summed E-state index contributed by atoms with van der Waals surface area (Å²) in [6.07, 6.45) is 6.21. The molecule has 1 fully saturated rings. The first-order valence-corrected chi connectivity index (χ1v) is 9.88. The van der Waals surface area contributed by atoms with Crippen LogP contribution in [-0.2, 0) is 17.9 Å². The van der Waals surface area contributed by atoms with Crippen LogP contribution in [0.1, 0.15) is 39.0 Å². The Balaban J connectivity index is 1.53. The third-order valence-corrected chi connectivity index (χ3v) is 5.22. The van der Waals surface area contributed by atoms with Crippen molar-refractivity contribution < 1.29 is 4.79 Å². The number of carbonyl (C=O) groups excluding carboxylic acids is 1. The molecule has 1 amide bonds. The molecular formula is C20H30N4O2. The van der Waals surface area contributed by atoms with E-state index in [9.17, 15) is 9.59 Å². The molecule has 0 saturated carbocycles. The number of hydrogen-bond donors (Lipinski definition) is 1. The first-order chi connectivity index (χ1) is 12.7. The summed E-state index contributed by atoms with van der Waals surface area (Å²) in [5, 5.41) is 2.97. The van der Waals surface area contributed by atoms with Crippen LogP contribution in [0, 0.1) is 0 Å². The van der Waals surface area contributed by atoms with E-state index in [2.05, 4.69) is 10.2 Å². The van der Waals surface area contributed by atoms with Crippen molar-refractivity contribution >= 4 is 16.9 Å². The lowest BCUT2D eigenvalue weighted by molar-refractivity contribution is -0.121. The molecule has 1 aromatic heterocycles. The molecule has 1 aromatic carbocycles. The molecule has 1 saturated heterocycles. The minimum absolute atomic E-state index is 0.0794. The lowest BCUT2D eigenvalue weighted by atomic mass is 10.2. The fourth-order valence-corrected chi connectivity index (χ4v) is 3.82. The number of likely N-dealkylation sites (tertiary alicyclic amines) is 1. The highest BCUT2D eigenvalue weighted by molar-refractivity contribution is 5.80. The van der Waals surface area contributed by atoms with Crippen molar-refractivity contribution in [1.29, 1.82) is 0 Å². The lowest BCUT2D eigenvalue weighted by Gasteiger charge is -2.19. The molecule has 0 bridgehead atoms. The van der Waals surface area contributed by atoms with Gasteiger partial charge in [-0.2, -0.15) is 0 Å². The second-order valence-electron chi connectivity index (χ2n) is 7.06. The third kappa shape index (κ3) is 4.36. The number of nitrogens with zero attached hydrogens (tertiary/aromatic N) is 3. The topological polar surface area (TPSA) is 59.3 Å². The van der Waals surface area contributed by atoms with Gasteiger partial charge in [-0.05, 0) is 58.0 Å². The monoisotopic (exact) mass is 358 g/mol. The number of fused-ring (bicyclic) bond motifs is 1. The Labute approximate surface area is 154 Å². The van der Waals surface area contributed by atoms with Crippen molar-refractivity contribution in [2.75, 3.05) is 26.2 Å². The van der Waals surface area contributed by atoms with Crippen molar-refractivity contribution in [2.24, 2.45) is 0 Å². The van der Waals surface area contributed by atoms with Crippen molar-refractivity contribution in [3.63, 3.8) is 0 Å². The number of hydrogen-bond acceptors (Lipinski definition) is 3. The average molecular weight is 358 g/mol. The number of benzene rings is 1. The molecule has 1 N–H and O–H groups in total. The molecule has 0 radical (unpaired) electrons. The largest absolute Gasteiger partial charge is 0.354 e. The van der Waals surface area contributed by atoms with Gasteiger partial charge in [0.05, 0.1) is 11.0 Å². The van der Waals surface area contributed by atoms with Crippen LogP contribution < -0.4 is 11.0 Å². The predicted octanol–water partition coefficient (Wildman–Crippen LogP) is 2.21. The summed E-state index contributed by atoms with van der Waals surface area (Å²) in [5.41, 5.74) is 1.58. The number of imidazole rings is 1. The summed E-state index contributed by atoms with van der Waals surface area (Å²) in [6.45, 7) is 6.69. The van der Waals surface area contributed by atoms with E-state index >= 15 is 0 Å². The normalized spacial score (nSPS) is 15.9. The molecule has 26 heavy (non-hydrogen) atoms. The molecule has 0 aliphatic carbocycles. The SMILES string of the molecule is CCn1c(=O)n(CC(=O)NCCCN2CCCCCC2)c2ccccc21. The molecular weight excluding hydrogens is 328 g/mol. The zero-order chi connectivity index (χ0) is 18.4. The first-order valence-electron chi connectivity index (χ1n) is 9.88. The van der Waals surface area contributed by atoms with Gasteiger partial charge < -0.3 is 10.2 Å². The molecule has 142 valence electrons. The molecule has 6 heteroatoms. The van der Waals surface area contributed by atoms with Crippen LogP contribution in [0.15, 0.2) is 29.1 Å². The highest BCUT2D eigenvalue weighted by atomic mass is 16.2. The molecule has 1 aliphatic rings. The van der Waals surface area contributed by atoms with Crippen LogP contribution in [0.3, 0.4) is 0 Å². The molecule has 1 aliphatic heterocycles. The third-order valence-electron chi connectivity index (χ3n) is 5.22. The van der Waals surface area contributed by atoms with Gasteiger partial charge in [-0.15, -0.1) is 0 Å². The summed E-state index contributed by atoms with van der Waals surface area (Å²) in [4.78, 5) is 27.4. The van der Waals surface area contributed by atoms with Crippen molar-refractivity contribution in [3.05, 3.63) is 34.7 Å². The fraction of sp³-hybridized carbons (Fsp3) is 0.600. The van der Waals surface area contributed by atoms with E-state index in [1.165, 1.54) is 38.8 Å². The Hall–Kier alpha value is -2.08. The first kappa shape index (κ1) is 18.7. The summed E-state index contributed by atoms with van der Waals surface area (Å²) >= 11 is 0. The van der Waals surface area contributed by atoms with Gasteiger partial charge in [-0.25, -0.2) is 4.79 Å². The number of nitrogens with one attached hydrogen (secondary N) is 1. The van der Waals surface area contributed by atoms with Crippen LogP contribution in [-0.4, -0.2) is 46.1 Å². The molecule has 3 rings (SSSR count). The smallest absolute Gasteiger partial charge is 0.329 e. The van der Waals surface area contributed by atoms with Gasteiger partial charge in [-0.3, -0.25) is 13.9 Å². The average Bonchev–Trinajstić information content (AvgIpc) is 2.82. The number of carbonyl (C=O) groups is 1. The number of aromatic nitrogens is 2. The summed E-state index contributed by atoms with van der Waals surface area (Å²) in [7, 11) is 0. The van der Waals surface area contributed by atoms with E-state index in [4.69, 9.17) is 0 Å². The van der Waals surface area contributed by atoms with Gasteiger partial charge in [0.1, 0.15) is 6.54 Å². The van der Waals surface area contributed by atoms with Crippen LogP contribution in [0.2, 0.25) is 0 Å². The van der Waals surface area contributed by atoms with Gasteiger partial charge in [0.2, 0.25) is 5.91 Å². The van der Waals surface area contributed by atoms with Gasteiger partial charge in [0.25, 0.3) is 0 Å². The maximum absolute atomic E-state index is 12.6. The van der Waals surface area contributed by atoms with E-state index in [-0.39, 0.29) is 18.1 Å². The highest BCUT2D eigenvalue weighted by Gasteiger charge is 2.14. The van der Waals surface area contributed by atoms with Crippen molar-refractivity contribution in [3.8, 4) is 0 Å². The quantitative estimate of drug-likeness (QED) is 0.772. The van der Waals surface area contributed by atoms with Gasteiger partial charge in [-0.1, -0.05) is 25.0 Å². The summed E-state index contributed by atoms with van der Waals surface area (Å²) < 4.78 is 3.28. The fourth-order valence-electron chi connectivity index (χ4n) is 3.82. The van der Waals surface area contributed by atoms with Crippen LogP contribution in [0.5, 0.6) is 0 Å². The van der Waals surface area contributed by atoms with E-state index < -0.39 is 0 Å². The second-order valence-corrected chi connectivity index (χ2v) is 7.06. The number of rotatable bonds is 7. The van der Waals surface area contributed by atoms with Crippen molar-refractivity contribution in [2.45, 2.75) is 52.1 Å². The molecule has 6 nitrogen and oxygen atoms in total. The van der Waals surface area contributed by atoms with Crippen LogP contribution >= 0.6 is 0 Å². The highest BCUT2D eigenvalue weighted by Crippen LogP contribution is 2.12. The summed E-state index contributed by atoms with van der Waals surface area (Å²) in [5.74, 6) is -0.0954. The Morgan fingerprint density at radius 1 is 1.04 bits per heavy atom. The molecule has 2 heterocycles. The maximum Gasteiger partial charge on any atom is 0.329 e. The molecule has 2 aromatic rings. The Kier molecular flexibility index (Phi) is 6.50. The minimum Gasteiger partial charge on any atom is -0.354 e. The van der Waals surface area contributed by atoms with E-state index in [1.54, 1.807) is 9.13 Å². The molecule has 0 spiro atoms. The van der Waals surface area contributed by atoms with Crippen LogP contribution in [0.25, 0.3) is 11.0 Å². The minimum atomic E-state index is -0.117. The van der Waals surface area contributed by atoms with Gasteiger partial charge in [0, 0.05) is 13.1 Å². The lowest BCUT2D eigenvalue weighted by Crippen LogP contribution is -2.35. The molecule has 0 unspecified atom stereocenters. The number of amides is 1. The zero-order valence-electron chi connectivity index (χ0n) is 15.7. The standard InChI is InChI=1S/C20H30N4O2/c1-2-23-17-10-5-6-11-18(17)24(20(23)26)16-19(25)21-12-9-15-22-13-7-3-4-8-14-22/h5-6,10-11H,2-4,7-9,12-16H2,1H3,(H,21,25). The van der Waals surface area contributed by atoms with E-state index in [0.29, 0.717) is 13.1 Å². The Bertz CT molecular complexity index is 785. The van der Waals surface area contributed by atoms with E-state index in [0.717, 1.165) is 24.0 Å². The number of para-hydroxylation sites is 2. The number of aryl methyl sites for hydroxylation is 1. The maximum atomic E-state index is 12.6. The van der Waals surface area contributed by atoms with Gasteiger partial charge >= 0.3 is 5.69 Å². The zero-order valence-corrected chi connectivity index (χ0v) is 15.7. The van der Waals surface area contributed by atoms with Crippen LogP contribution in [0.4, 0.5) is 0 Å². The second kappa shape index (κ2) is 9.03. The summed E-state index contributed by atoms with van der Waals surface area (Å²) in [6, 6.07) is 7.64. The van der Waals surface area contributed by atoms with Crippen molar-refractivity contribution in [1.82, 2.24) is 19.4 Å². The van der Waals surface area contributed by atoms with E-state index in [1.807, 2.05) is 31.2 Å². The Morgan fingerprint density at radius 3 is 2.35 bits per heavy atom. The predicted molar refractivity (Wildman–Crippen MR) is 104 cm³/mol.